The number of aromatic nitrogens is 1. The molecule has 1 aromatic carbocycles. The number of fused-ring (bicyclic) bond motifs is 1. The minimum atomic E-state index is -0.243. The maximum Gasteiger partial charge on any atom is 0.161 e. The average Bonchev–Trinajstić information content (AvgIpc) is 2.47. The highest BCUT2D eigenvalue weighted by Gasteiger charge is 2.27. The topological polar surface area (TPSA) is 57.4 Å². The van der Waals surface area contributed by atoms with E-state index < -0.39 is 0 Å². The first kappa shape index (κ1) is 11.0. The van der Waals surface area contributed by atoms with Gasteiger partial charge in [-0.25, -0.2) is 0 Å². The molecule has 2 heterocycles. The molecule has 0 saturated carbocycles. The van der Waals surface area contributed by atoms with Crippen LogP contribution in [0.15, 0.2) is 48.8 Å². The van der Waals surface area contributed by atoms with Crippen LogP contribution in [0.1, 0.15) is 11.6 Å². The molecule has 1 aromatic heterocycles. The second-order valence-corrected chi connectivity index (χ2v) is 4.23. The highest BCUT2D eigenvalue weighted by Crippen LogP contribution is 2.33. The van der Waals surface area contributed by atoms with E-state index in [1.807, 2.05) is 36.4 Å². The summed E-state index contributed by atoms with van der Waals surface area (Å²) in [5.74, 6) is 1.51. The molecule has 0 fully saturated rings. The van der Waals surface area contributed by atoms with Crippen molar-refractivity contribution in [3.63, 3.8) is 0 Å². The summed E-state index contributed by atoms with van der Waals surface area (Å²) in [6.07, 6.45) is 3.29. The molecule has 1 aliphatic rings. The van der Waals surface area contributed by atoms with Crippen LogP contribution in [0.3, 0.4) is 0 Å². The van der Waals surface area contributed by atoms with Crippen LogP contribution in [0.2, 0.25) is 0 Å². The Balaban J connectivity index is 1.80. The Labute approximate surface area is 105 Å². The van der Waals surface area contributed by atoms with Gasteiger partial charge in [-0.2, -0.15) is 0 Å². The fraction of sp³-hybridized carbons (Fsp3) is 0.214. The zero-order valence-electron chi connectivity index (χ0n) is 9.82. The van der Waals surface area contributed by atoms with Gasteiger partial charge in [0, 0.05) is 12.4 Å². The molecule has 0 saturated heterocycles. The van der Waals surface area contributed by atoms with Crippen molar-refractivity contribution < 1.29 is 9.47 Å². The van der Waals surface area contributed by atoms with Gasteiger partial charge in [0.2, 0.25) is 0 Å². The molecular formula is C14H14N2O2. The van der Waals surface area contributed by atoms with Gasteiger partial charge < -0.3 is 15.2 Å². The third-order valence-corrected chi connectivity index (χ3v) is 3.00. The van der Waals surface area contributed by atoms with E-state index in [2.05, 4.69) is 4.98 Å². The molecule has 3 rings (SSSR count). The molecule has 0 spiro atoms. The van der Waals surface area contributed by atoms with Crippen molar-refractivity contribution in [3.05, 3.63) is 54.4 Å². The minimum Gasteiger partial charge on any atom is -0.486 e. The Morgan fingerprint density at radius 1 is 1.17 bits per heavy atom. The lowest BCUT2D eigenvalue weighted by Gasteiger charge is -2.30. The average molecular weight is 242 g/mol. The van der Waals surface area contributed by atoms with Crippen molar-refractivity contribution in [2.75, 3.05) is 6.61 Å². The molecular weight excluding hydrogens is 228 g/mol. The standard InChI is InChI=1S/C14H14N2O2/c15-14(10-4-3-7-16-8-10)13-9-17-11-5-1-2-6-12(11)18-13/h1-8,13-14H,9,15H2. The van der Waals surface area contributed by atoms with Crippen LogP contribution >= 0.6 is 0 Å². The van der Waals surface area contributed by atoms with Gasteiger partial charge in [0.25, 0.3) is 0 Å². The molecule has 4 nitrogen and oxygen atoms in total. The van der Waals surface area contributed by atoms with Gasteiger partial charge in [-0.3, -0.25) is 4.98 Å². The maximum atomic E-state index is 6.18. The number of ether oxygens (including phenoxy) is 2. The second-order valence-electron chi connectivity index (χ2n) is 4.23. The number of pyridine rings is 1. The summed E-state index contributed by atoms with van der Waals surface area (Å²) < 4.78 is 11.5. The summed E-state index contributed by atoms with van der Waals surface area (Å²) in [7, 11) is 0. The molecule has 18 heavy (non-hydrogen) atoms. The second kappa shape index (κ2) is 4.66. The van der Waals surface area contributed by atoms with Crippen LogP contribution in [0.5, 0.6) is 11.5 Å². The van der Waals surface area contributed by atoms with Crippen LogP contribution in [0, 0.1) is 0 Å². The van der Waals surface area contributed by atoms with Crippen LogP contribution in [0.25, 0.3) is 0 Å². The zero-order valence-corrected chi connectivity index (χ0v) is 9.82. The Morgan fingerprint density at radius 2 is 2.00 bits per heavy atom. The summed E-state index contributed by atoms with van der Waals surface area (Å²) in [5, 5.41) is 0. The number of nitrogens with zero attached hydrogens (tertiary/aromatic N) is 1. The van der Waals surface area contributed by atoms with Gasteiger partial charge in [0.15, 0.2) is 17.6 Å². The van der Waals surface area contributed by atoms with Gasteiger partial charge in [0.05, 0.1) is 6.04 Å². The van der Waals surface area contributed by atoms with E-state index in [4.69, 9.17) is 15.2 Å². The highest BCUT2D eigenvalue weighted by atomic mass is 16.6. The summed E-state index contributed by atoms with van der Waals surface area (Å²) in [6.45, 7) is 0.451. The molecule has 0 amide bonds. The molecule has 2 unspecified atom stereocenters. The normalized spacial score (nSPS) is 19.3. The first-order valence-electron chi connectivity index (χ1n) is 5.88. The number of rotatable bonds is 2. The highest BCUT2D eigenvalue weighted by molar-refractivity contribution is 5.41. The van der Waals surface area contributed by atoms with E-state index in [0.717, 1.165) is 17.1 Å². The van der Waals surface area contributed by atoms with Crippen molar-refractivity contribution in [2.45, 2.75) is 12.1 Å². The van der Waals surface area contributed by atoms with Gasteiger partial charge in [-0.05, 0) is 23.8 Å². The van der Waals surface area contributed by atoms with Crippen molar-refractivity contribution in [2.24, 2.45) is 5.73 Å². The molecule has 4 heteroatoms. The smallest absolute Gasteiger partial charge is 0.161 e. The molecule has 0 radical (unpaired) electrons. The van der Waals surface area contributed by atoms with E-state index in [1.165, 1.54) is 0 Å². The number of hydrogen-bond donors (Lipinski definition) is 1. The van der Waals surface area contributed by atoms with E-state index in [0.29, 0.717) is 6.61 Å². The van der Waals surface area contributed by atoms with E-state index in [9.17, 15) is 0 Å². The van der Waals surface area contributed by atoms with E-state index >= 15 is 0 Å². The number of para-hydroxylation sites is 2. The fourth-order valence-electron chi connectivity index (χ4n) is 2.00. The Bertz CT molecular complexity index is 530. The zero-order chi connectivity index (χ0) is 12.4. The largest absolute Gasteiger partial charge is 0.486 e. The lowest BCUT2D eigenvalue weighted by molar-refractivity contribution is 0.0720. The fourth-order valence-corrected chi connectivity index (χ4v) is 2.00. The Morgan fingerprint density at radius 3 is 2.78 bits per heavy atom. The molecule has 1 aliphatic heterocycles. The molecule has 2 aromatic rings. The molecule has 2 atom stereocenters. The van der Waals surface area contributed by atoms with E-state index in [1.54, 1.807) is 12.4 Å². The predicted octanol–water partition coefficient (Wildman–Crippen LogP) is 1.92. The maximum absolute atomic E-state index is 6.18. The Hall–Kier alpha value is -2.07. The van der Waals surface area contributed by atoms with Crippen molar-refractivity contribution in [1.29, 1.82) is 0 Å². The summed E-state index contributed by atoms with van der Waals surface area (Å²) in [4.78, 5) is 4.07. The monoisotopic (exact) mass is 242 g/mol. The molecule has 2 N–H and O–H groups in total. The van der Waals surface area contributed by atoms with Crippen molar-refractivity contribution in [3.8, 4) is 11.5 Å². The van der Waals surface area contributed by atoms with Crippen molar-refractivity contribution >= 4 is 0 Å². The first-order chi connectivity index (χ1) is 8.84. The lowest BCUT2D eigenvalue weighted by atomic mass is 10.0. The van der Waals surface area contributed by atoms with Gasteiger partial charge in [0.1, 0.15) is 6.61 Å². The van der Waals surface area contributed by atoms with Gasteiger partial charge in [-0.1, -0.05) is 18.2 Å². The van der Waals surface area contributed by atoms with E-state index in [-0.39, 0.29) is 12.1 Å². The molecule has 92 valence electrons. The van der Waals surface area contributed by atoms with Crippen LogP contribution in [-0.4, -0.2) is 17.7 Å². The number of nitrogens with two attached hydrogens (primary N) is 1. The predicted molar refractivity (Wildman–Crippen MR) is 67.5 cm³/mol. The number of benzene rings is 1. The number of hydrogen-bond acceptors (Lipinski definition) is 4. The summed E-state index contributed by atoms with van der Waals surface area (Å²) >= 11 is 0. The Kier molecular flexibility index (Phi) is 2.86. The quantitative estimate of drug-likeness (QED) is 0.874. The van der Waals surface area contributed by atoms with Gasteiger partial charge >= 0.3 is 0 Å². The van der Waals surface area contributed by atoms with Gasteiger partial charge in [-0.15, -0.1) is 0 Å². The first-order valence-corrected chi connectivity index (χ1v) is 5.88. The minimum absolute atomic E-state index is 0.191. The SMILES string of the molecule is NC(c1cccnc1)C1COc2ccccc2O1. The van der Waals surface area contributed by atoms with Crippen LogP contribution in [0.4, 0.5) is 0 Å². The van der Waals surface area contributed by atoms with Crippen LogP contribution < -0.4 is 15.2 Å². The summed E-state index contributed by atoms with van der Waals surface area (Å²) in [5.41, 5.74) is 7.13. The molecule has 0 aliphatic carbocycles. The van der Waals surface area contributed by atoms with Crippen LogP contribution in [-0.2, 0) is 0 Å². The summed E-state index contributed by atoms with van der Waals surface area (Å²) in [6, 6.07) is 11.2. The molecule has 0 bridgehead atoms. The lowest BCUT2D eigenvalue weighted by Crippen LogP contribution is -2.38. The van der Waals surface area contributed by atoms with Crippen molar-refractivity contribution in [1.82, 2.24) is 4.98 Å². The third-order valence-electron chi connectivity index (χ3n) is 3.00. The third kappa shape index (κ3) is 2.02.